The van der Waals surface area contributed by atoms with E-state index in [4.69, 9.17) is 0 Å². The lowest BCUT2D eigenvalue weighted by molar-refractivity contribution is 0.0786. The molecule has 1 rings (SSSR count). The van der Waals surface area contributed by atoms with Gasteiger partial charge in [-0.2, -0.15) is 0 Å². The number of nitrogens with zero attached hydrogens (tertiary/aromatic N) is 3. The van der Waals surface area contributed by atoms with Crippen LogP contribution >= 0.6 is 0 Å². The van der Waals surface area contributed by atoms with Gasteiger partial charge >= 0.3 is 0 Å². The van der Waals surface area contributed by atoms with Crippen LogP contribution in [0.2, 0.25) is 0 Å². The van der Waals surface area contributed by atoms with Gasteiger partial charge in [0.25, 0.3) is 5.91 Å². The van der Waals surface area contributed by atoms with E-state index in [0.717, 1.165) is 19.4 Å². The minimum absolute atomic E-state index is 0.0915. The highest BCUT2D eigenvalue weighted by Crippen LogP contribution is 2.05. The fourth-order valence-electron chi connectivity index (χ4n) is 1.41. The fraction of sp³-hybridized carbons (Fsp3) is 0.462. The lowest BCUT2D eigenvalue weighted by atomic mass is 10.3. The molecule has 5 nitrogen and oxygen atoms in total. The number of amides is 1. The quantitative estimate of drug-likeness (QED) is 0.749. The Hall–Kier alpha value is -1.91. The summed E-state index contributed by atoms with van der Waals surface area (Å²) in [7, 11) is 1.78. The number of unbranched alkanes of at least 4 members (excludes halogenated alkanes) is 1. The average molecular weight is 248 g/mol. The summed E-state index contributed by atoms with van der Waals surface area (Å²) in [6, 6.07) is 3.43. The van der Waals surface area contributed by atoms with Crippen LogP contribution < -0.4 is 5.32 Å². The number of hydrogen-bond acceptors (Lipinski definition) is 4. The Morgan fingerprint density at radius 1 is 1.50 bits per heavy atom. The highest BCUT2D eigenvalue weighted by molar-refractivity contribution is 5.92. The third-order valence-electron chi connectivity index (χ3n) is 2.50. The number of nitrogens with one attached hydrogen (secondary N) is 1. The van der Waals surface area contributed by atoms with Crippen molar-refractivity contribution in [1.82, 2.24) is 15.1 Å². The van der Waals surface area contributed by atoms with E-state index in [1.807, 2.05) is 0 Å². The Bertz CT molecular complexity index is 388. The molecule has 0 aliphatic rings. The Morgan fingerprint density at radius 3 is 2.83 bits per heavy atom. The maximum absolute atomic E-state index is 12.0. The second-order valence-electron chi connectivity index (χ2n) is 4.05. The molecule has 5 heteroatoms. The van der Waals surface area contributed by atoms with Gasteiger partial charge in [0.15, 0.2) is 5.69 Å². The zero-order valence-electron chi connectivity index (χ0n) is 11.0. The second-order valence-corrected chi connectivity index (χ2v) is 4.05. The van der Waals surface area contributed by atoms with Gasteiger partial charge in [-0.3, -0.25) is 4.79 Å². The minimum atomic E-state index is -0.0915. The summed E-state index contributed by atoms with van der Waals surface area (Å²) in [4.78, 5) is 13.6. The summed E-state index contributed by atoms with van der Waals surface area (Å²) in [6.07, 6.45) is 3.79. The smallest absolute Gasteiger partial charge is 0.274 e. The third kappa shape index (κ3) is 4.16. The van der Waals surface area contributed by atoms with Crippen LogP contribution in [0, 0.1) is 0 Å². The van der Waals surface area contributed by atoms with Crippen LogP contribution in [0.4, 0.5) is 5.82 Å². The van der Waals surface area contributed by atoms with Gasteiger partial charge in [0.2, 0.25) is 0 Å². The van der Waals surface area contributed by atoms with Gasteiger partial charge in [0.1, 0.15) is 5.82 Å². The first kappa shape index (κ1) is 14.2. The van der Waals surface area contributed by atoms with E-state index < -0.39 is 0 Å². The molecule has 0 spiro atoms. The summed E-state index contributed by atoms with van der Waals surface area (Å²) >= 11 is 0. The van der Waals surface area contributed by atoms with Crippen molar-refractivity contribution >= 4 is 11.7 Å². The van der Waals surface area contributed by atoms with Crippen LogP contribution in [0.15, 0.2) is 24.8 Å². The SMILES string of the molecule is C=CCNc1ccc(C(=O)N(C)CCCC)nn1. The van der Waals surface area contributed by atoms with Crippen molar-refractivity contribution in [2.24, 2.45) is 0 Å². The predicted octanol–water partition coefficient (Wildman–Crippen LogP) is 1.95. The van der Waals surface area contributed by atoms with Crippen LogP contribution in [0.3, 0.4) is 0 Å². The van der Waals surface area contributed by atoms with Crippen molar-refractivity contribution in [3.63, 3.8) is 0 Å². The summed E-state index contributed by atoms with van der Waals surface area (Å²) in [5, 5.41) is 10.9. The van der Waals surface area contributed by atoms with Gasteiger partial charge in [-0.15, -0.1) is 16.8 Å². The van der Waals surface area contributed by atoms with Gasteiger partial charge in [-0.1, -0.05) is 19.4 Å². The predicted molar refractivity (Wildman–Crippen MR) is 72.6 cm³/mol. The number of rotatable bonds is 7. The molecule has 1 aromatic rings. The molecule has 98 valence electrons. The van der Waals surface area contributed by atoms with Crippen LogP contribution in [0.5, 0.6) is 0 Å². The first-order valence-electron chi connectivity index (χ1n) is 6.13. The number of anilines is 1. The second kappa shape index (κ2) is 7.42. The molecular formula is C13H20N4O. The zero-order valence-corrected chi connectivity index (χ0v) is 11.0. The molecule has 1 N–H and O–H groups in total. The number of hydrogen-bond donors (Lipinski definition) is 1. The van der Waals surface area contributed by atoms with E-state index in [2.05, 4.69) is 29.0 Å². The van der Waals surface area contributed by atoms with E-state index >= 15 is 0 Å². The maximum Gasteiger partial charge on any atom is 0.274 e. The molecule has 0 atom stereocenters. The molecule has 0 radical (unpaired) electrons. The summed E-state index contributed by atoms with van der Waals surface area (Å²) in [6.45, 7) is 7.06. The first-order chi connectivity index (χ1) is 8.69. The Labute approximate surface area is 108 Å². The zero-order chi connectivity index (χ0) is 13.4. The topological polar surface area (TPSA) is 58.1 Å². The molecule has 0 aromatic carbocycles. The molecule has 0 aliphatic carbocycles. The monoisotopic (exact) mass is 248 g/mol. The standard InChI is InChI=1S/C13H20N4O/c1-4-6-10-17(3)13(18)11-7-8-12(16-15-11)14-9-5-2/h5,7-8H,2,4,6,9-10H2,1,3H3,(H,14,16). The summed E-state index contributed by atoms with van der Waals surface area (Å²) in [5.74, 6) is 0.550. The highest BCUT2D eigenvalue weighted by Gasteiger charge is 2.12. The molecule has 0 fully saturated rings. The number of aromatic nitrogens is 2. The van der Waals surface area contributed by atoms with Crippen LogP contribution in [0.1, 0.15) is 30.3 Å². The summed E-state index contributed by atoms with van der Waals surface area (Å²) in [5.41, 5.74) is 0.373. The van der Waals surface area contributed by atoms with Crippen molar-refractivity contribution in [2.45, 2.75) is 19.8 Å². The van der Waals surface area contributed by atoms with Crippen molar-refractivity contribution in [2.75, 3.05) is 25.5 Å². The van der Waals surface area contributed by atoms with Crippen molar-refractivity contribution < 1.29 is 4.79 Å². The minimum Gasteiger partial charge on any atom is -0.365 e. The number of carbonyl (C=O) groups is 1. The molecular weight excluding hydrogens is 228 g/mol. The van der Waals surface area contributed by atoms with E-state index in [1.54, 1.807) is 30.2 Å². The van der Waals surface area contributed by atoms with Crippen LogP contribution in [-0.2, 0) is 0 Å². The molecule has 18 heavy (non-hydrogen) atoms. The van der Waals surface area contributed by atoms with Crippen molar-refractivity contribution in [1.29, 1.82) is 0 Å². The molecule has 0 saturated heterocycles. The molecule has 1 amide bonds. The average Bonchev–Trinajstić information content (AvgIpc) is 2.42. The van der Waals surface area contributed by atoms with Crippen LogP contribution in [0.25, 0.3) is 0 Å². The highest BCUT2D eigenvalue weighted by atomic mass is 16.2. The van der Waals surface area contributed by atoms with Gasteiger partial charge in [0.05, 0.1) is 0 Å². The molecule has 1 heterocycles. The van der Waals surface area contributed by atoms with Gasteiger partial charge < -0.3 is 10.2 Å². The lowest BCUT2D eigenvalue weighted by Crippen LogP contribution is -2.28. The Balaban J connectivity index is 2.60. The van der Waals surface area contributed by atoms with Gasteiger partial charge in [-0.05, 0) is 18.6 Å². The molecule has 0 unspecified atom stereocenters. The van der Waals surface area contributed by atoms with Crippen LogP contribution in [-0.4, -0.2) is 41.1 Å². The number of carbonyl (C=O) groups excluding carboxylic acids is 1. The Kier molecular flexibility index (Phi) is 5.84. The molecule has 0 saturated carbocycles. The van der Waals surface area contributed by atoms with E-state index in [1.165, 1.54) is 0 Å². The fourth-order valence-corrected chi connectivity index (χ4v) is 1.41. The van der Waals surface area contributed by atoms with E-state index in [9.17, 15) is 4.79 Å². The third-order valence-corrected chi connectivity index (χ3v) is 2.50. The van der Waals surface area contributed by atoms with Crippen molar-refractivity contribution in [3.8, 4) is 0 Å². The van der Waals surface area contributed by atoms with Gasteiger partial charge in [-0.25, -0.2) is 0 Å². The maximum atomic E-state index is 12.0. The van der Waals surface area contributed by atoms with E-state index in [0.29, 0.717) is 18.1 Å². The van der Waals surface area contributed by atoms with Crippen molar-refractivity contribution in [3.05, 3.63) is 30.5 Å². The largest absolute Gasteiger partial charge is 0.365 e. The summed E-state index contributed by atoms with van der Waals surface area (Å²) < 4.78 is 0. The van der Waals surface area contributed by atoms with E-state index in [-0.39, 0.29) is 5.91 Å². The molecule has 0 aliphatic heterocycles. The van der Waals surface area contributed by atoms with Gasteiger partial charge in [0, 0.05) is 20.1 Å². The Morgan fingerprint density at radius 2 is 2.28 bits per heavy atom. The first-order valence-corrected chi connectivity index (χ1v) is 6.13. The normalized spacial score (nSPS) is 9.89. The molecule has 0 bridgehead atoms. The molecule has 1 aromatic heterocycles. The lowest BCUT2D eigenvalue weighted by Gasteiger charge is -2.15.